The van der Waals surface area contributed by atoms with E-state index in [1.165, 1.54) is 7.05 Å². The molecular weight excluding hydrogens is 312 g/mol. The van der Waals surface area contributed by atoms with Gasteiger partial charge in [-0.2, -0.15) is 5.10 Å². The highest BCUT2D eigenvalue weighted by Gasteiger charge is 2.15. The molecule has 0 aliphatic rings. The number of aromatic nitrogens is 2. The first kappa shape index (κ1) is 19.7. The number of carbonyl (C=O) groups excluding carboxylic acids is 3. The van der Waals surface area contributed by atoms with Gasteiger partial charge in [0, 0.05) is 25.7 Å². The third kappa shape index (κ3) is 6.02. The van der Waals surface area contributed by atoms with Crippen molar-refractivity contribution in [1.29, 1.82) is 0 Å². The number of aryl methyl sites for hydroxylation is 1. The molecule has 8 heteroatoms. The van der Waals surface area contributed by atoms with Crippen molar-refractivity contribution >= 4 is 17.9 Å². The van der Waals surface area contributed by atoms with Crippen LogP contribution in [-0.2, 0) is 27.3 Å². The summed E-state index contributed by atoms with van der Waals surface area (Å²) in [5.41, 5.74) is 2.98. The molecule has 0 aromatic carbocycles. The number of carbonyl (C=O) groups is 3. The minimum atomic E-state index is -0.667. The van der Waals surface area contributed by atoms with Gasteiger partial charge < -0.3 is 10.1 Å². The van der Waals surface area contributed by atoms with Gasteiger partial charge in [-0.15, -0.1) is 0 Å². The van der Waals surface area contributed by atoms with Crippen LogP contribution in [0.3, 0.4) is 0 Å². The molecular formula is C16H26N4O4. The summed E-state index contributed by atoms with van der Waals surface area (Å²) < 4.78 is 6.82. The number of urea groups is 1. The highest BCUT2D eigenvalue weighted by molar-refractivity contribution is 5.95. The molecule has 1 rings (SSSR count). The second-order valence-corrected chi connectivity index (χ2v) is 6.01. The third-order valence-electron chi connectivity index (χ3n) is 3.49. The minimum absolute atomic E-state index is 0.155. The zero-order chi connectivity index (χ0) is 18.3. The van der Waals surface area contributed by atoms with Gasteiger partial charge in [-0.3, -0.25) is 19.6 Å². The fraction of sp³-hybridized carbons (Fsp3) is 0.625. The van der Waals surface area contributed by atoms with Gasteiger partial charge in [0.15, 0.2) is 6.61 Å². The first-order valence-corrected chi connectivity index (χ1v) is 7.94. The number of rotatable bonds is 7. The summed E-state index contributed by atoms with van der Waals surface area (Å²) in [5.74, 6) is -0.670. The van der Waals surface area contributed by atoms with Crippen LogP contribution < -0.4 is 10.6 Å². The van der Waals surface area contributed by atoms with Crippen LogP contribution in [-0.4, -0.2) is 41.3 Å². The van der Waals surface area contributed by atoms with Crippen molar-refractivity contribution in [2.45, 2.75) is 47.1 Å². The Morgan fingerprint density at radius 3 is 2.50 bits per heavy atom. The molecule has 0 unspecified atom stereocenters. The quantitative estimate of drug-likeness (QED) is 0.725. The monoisotopic (exact) mass is 338 g/mol. The van der Waals surface area contributed by atoms with Gasteiger partial charge in [0.1, 0.15) is 0 Å². The number of nitrogens with zero attached hydrogens (tertiary/aromatic N) is 2. The van der Waals surface area contributed by atoms with E-state index in [2.05, 4.69) is 24.3 Å². The van der Waals surface area contributed by atoms with Gasteiger partial charge in [0.25, 0.3) is 5.91 Å². The fourth-order valence-corrected chi connectivity index (χ4v) is 2.29. The van der Waals surface area contributed by atoms with Crippen LogP contribution in [0.5, 0.6) is 0 Å². The lowest BCUT2D eigenvalue weighted by atomic mass is 10.1. The molecule has 0 aliphatic carbocycles. The molecule has 0 bridgehead atoms. The van der Waals surface area contributed by atoms with Gasteiger partial charge in [-0.1, -0.05) is 13.8 Å². The molecule has 0 fully saturated rings. The number of hydrogen-bond acceptors (Lipinski definition) is 5. The van der Waals surface area contributed by atoms with E-state index < -0.39 is 24.5 Å². The Hall–Kier alpha value is -2.38. The summed E-state index contributed by atoms with van der Waals surface area (Å²) in [6.07, 6.45) is 0.661. The molecule has 0 saturated heterocycles. The smallest absolute Gasteiger partial charge is 0.321 e. The second-order valence-electron chi connectivity index (χ2n) is 6.01. The molecule has 1 aromatic rings. The molecule has 3 amide bonds. The first-order valence-electron chi connectivity index (χ1n) is 7.94. The van der Waals surface area contributed by atoms with E-state index in [1.807, 2.05) is 23.8 Å². The number of ether oxygens (including phenoxy) is 1. The lowest BCUT2D eigenvalue weighted by Gasteiger charge is -2.08. The average molecular weight is 338 g/mol. The van der Waals surface area contributed by atoms with Crippen molar-refractivity contribution in [3.8, 4) is 0 Å². The highest BCUT2D eigenvalue weighted by atomic mass is 16.5. The van der Waals surface area contributed by atoms with Crippen LogP contribution in [0.2, 0.25) is 0 Å². The normalized spacial score (nSPS) is 10.6. The maximum absolute atomic E-state index is 11.8. The molecule has 1 aromatic heterocycles. The SMILES string of the molecule is CNC(=O)NC(=O)COC(=O)CCc1c(C)nn(CC(C)C)c1C. The second kappa shape index (κ2) is 9.05. The van der Waals surface area contributed by atoms with Gasteiger partial charge >= 0.3 is 12.0 Å². The first-order chi connectivity index (χ1) is 11.2. The number of hydrogen-bond donors (Lipinski definition) is 2. The van der Waals surface area contributed by atoms with Crippen LogP contribution in [0.1, 0.15) is 37.2 Å². The predicted molar refractivity (Wildman–Crippen MR) is 88.4 cm³/mol. The lowest BCUT2D eigenvalue weighted by molar-refractivity contribution is -0.148. The number of amides is 3. The van der Waals surface area contributed by atoms with Crippen molar-refractivity contribution in [3.05, 3.63) is 17.0 Å². The molecule has 0 aliphatic heterocycles. The van der Waals surface area contributed by atoms with Crippen molar-refractivity contribution in [2.24, 2.45) is 5.92 Å². The van der Waals surface area contributed by atoms with E-state index >= 15 is 0 Å². The maximum atomic E-state index is 11.8. The molecule has 2 N–H and O–H groups in total. The summed E-state index contributed by atoms with van der Waals surface area (Å²) in [4.78, 5) is 34.0. The van der Waals surface area contributed by atoms with E-state index in [1.54, 1.807) is 0 Å². The Balaban J connectivity index is 2.49. The Morgan fingerprint density at radius 2 is 1.92 bits per heavy atom. The van der Waals surface area contributed by atoms with E-state index in [4.69, 9.17) is 4.74 Å². The van der Waals surface area contributed by atoms with Crippen molar-refractivity contribution in [2.75, 3.05) is 13.7 Å². The van der Waals surface area contributed by atoms with Crippen LogP contribution in [0.25, 0.3) is 0 Å². The number of imide groups is 1. The molecule has 0 radical (unpaired) electrons. The summed E-state index contributed by atoms with van der Waals surface area (Å²) in [6.45, 7) is 8.50. The standard InChI is InChI=1S/C16H26N4O4/c1-10(2)8-20-12(4)13(11(3)19-20)6-7-15(22)24-9-14(21)18-16(23)17-5/h10H,6-9H2,1-5H3,(H2,17,18,21,23). The lowest BCUT2D eigenvalue weighted by Crippen LogP contribution is -2.39. The Morgan fingerprint density at radius 1 is 1.25 bits per heavy atom. The van der Waals surface area contributed by atoms with Crippen molar-refractivity contribution < 1.29 is 19.1 Å². The molecule has 134 valence electrons. The molecule has 1 heterocycles. The van der Waals surface area contributed by atoms with Gasteiger partial charge in [-0.25, -0.2) is 4.79 Å². The minimum Gasteiger partial charge on any atom is -0.456 e. The highest BCUT2D eigenvalue weighted by Crippen LogP contribution is 2.16. The Kier molecular flexibility index (Phi) is 7.41. The fourth-order valence-electron chi connectivity index (χ4n) is 2.29. The van der Waals surface area contributed by atoms with E-state index in [-0.39, 0.29) is 6.42 Å². The molecule has 0 spiro atoms. The van der Waals surface area contributed by atoms with Crippen molar-refractivity contribution in [3.63, 3.8) is 0 Å². The maximum Gasteiger partial charge on any atom is 0.321 e. The van der Waals surface area contributed by atoms with Gasteiger partial charge in [0.05, 0.1) is 5.69 Å². The molecule has 0 saturated carbocycles. The van der Waals surface area contributed by atoms with Crippen molar-refractivity contribution in [1.82, 2.24) is 20.4 Å². The van der Waals surface area contributed by atoms with E-state index in [0.29, 0.717) is 12.3 Å². The number of esters is 1. The Labute approximate surface area is 141 Å². The average Bonchev–Trinajstić information content (AvgIpc) is 2.76. The summed E-state index contributed by atoms with van der Waals surface area (Å²) >= 11 is 0. The molecule has 8 nitrogen and oxygen atoms in total. The zero-order valence-corrected chi connectivity index (χ0v) is 14.9. The summed E-state index contributed by atoms with van der Waals surface area (Å²) in [5, 5.41) is 8.76. The molecule has 24 heavy (non-hydrogen) atoms. The predicted octanol–water partition coefficient (Wildman–Crippen LogP) is 1.09. The topological polar surface area (TPSA) is 102 Å². The van der Waals surface area contributed by atoms with E-state index in [0.717, 1.165) is 23.5 Å². The van der Waals surface area contributed by atoms with Crippen LogP contribution in [0.15, 0.2) is 0 Å². The largest absolute Gasteiger partial charge is 0.456 e. The van der Waals surface area contributed by atoms with E-state index in [9.17, 15) is 14.4 Å². The van der Waals surface area contributed by atoms with Crippen LogP contribution >= 0.6 is 0 Å². The van der Waals surface area contributed by atoms with Gasteiger partial charge in [0.2, 0.25) is 0 Å². The number of nitrogens with one attached hydrogen (secondary N) is 2. The van der Waals surface area contributed by atoms with Gasteiger partial charge in [-0.05, 0) is 31.7 Å². The third-order valence-corrected chi connectivity index (χ3v) is 3.49. The summed E-state index contributed by atoms with van der Waals surface area (Å²) in [6, 6.07) is -0.639. The molecule has 0 atom stereocenters. The Bertz CT molecular complexity index is 607. The van der Waals surface area contributed by atoms with Crippen LogP contribution in [0.4, 0.5) is 4.79 Å². The summed E-state index contributed by atoms with van der Waals surface area (Å²) in [7, 11) is 1.39. The van der Waals surface area contributed by atoms with Crippen LogP contribution in [0, 0.1) is 19.8 Å². The zero-order valence-electron chi connectivity index (χ0n) is 14.9.